The van der Waals surface area contributed by atoms with Crippen LogP contribution in [0.1, 0.15) is 11.6 Å². The summed E-state index contributed by atoms with van der Waals surface area (Å²) in [6, 6.07) is 16.4. The number of piperazine rings is 1. The Morgan fingerprint density at radius 3 is 2.41 bits per heavy atom. The molecule has 1 N–H and O–H groups in total. The molecule has 1 aliphatic heterocycles. The van der Waals surface area contributed by atoms with E-state index < -0.39 is 6.04 Å². The minimum Gasteiger partial charge on any atom is -0.338 e. The van der Waals surface area contributed by atoms with E-state index in [1.54, 1.807) is 12.1 Å². The Kier molecular flexibility index (Phi) is 7.08. The van der Waals surface area contributed by atoms with E-state index in [1.807, 2.05) is 52.3 Å². The van der Waals surface area contributed by atoms with Crippen molar-refractivity contribution in [2.24, 2.45) is 0 Å². The molecule has 166 valence electrons. The molecule has 9 nitrogen and oxygen atoms in total. The van der Waals surface area contributed by atoms with Gasteiger partial charge in [-0.3, -0.25) is 14.5 Å². The van der Waals surface area contributed by atoms with Gasteiger partial charge in [0, 0.05) is 32.6 Å². The summed E-state index contributed by atoms with van der Waals surface area (Å²) >= 11 is 6.11. The van der Waals surface area contributed by atoms with Crippen LogP contribution >= 0.6 is 11.6 Å². The van der Waals surface area contributed by atoms with Crippen molar-refractivity contribution in [2.75, 3.05) is 38.0 Å². The number of rotatable bonds is 7. The smallest absolute Gasteiger partial charge is 0.248 e. The van der Waals surface area contributed by atoms with Gasteiger partial charge in [0.15, 0.2) is 0 Å². The second-order valence-electron chi connectivity index (χ2n) is 7.62. The van der Waals surface area contributed by atoms with Gasteiger partial charge < -0.3 is 10.2 Å². The van der Waals surface area contributed by atoms with Crippen LogP contribution in [0.2, 0.25) is 5.02 Å². The normalized spacial score (nSPS) is 15.3. The van der Waals surface area contributed by atoms with Gasteiger partial charge in [0.05, 0.1) is 17.3 Å². The van der Waals surface area contributed by atoms with E-state index in [4.69, 9.17) is 11.6 Å². The first kappa shape index (κ1) is 21.9. The van der Waals surface area contributed by atoms with Gasteiger partial charge in [0.2, 0.25) is 11.8 Å². The van der Waals surface area contributed by atoms with Crippen LogP contribution in [0.3, 0.4) is 0 Å². The lowest BCUT2D eigenvalue weighted by molar-refractivity contribution is -0.137. The molecule has 0 spiro atoms. The molecule has 0 bridgehead atoms. The molecule has 1 saturated heterocycles. The number of anilines is 1. The van der Waals surface area contributed by atoms with Gasteiger partial charge in [0.1, 0.15) is 12.4 Å². The lowest BCUT2D eigenvalue weighted by Gasteiger charge is -2.36. The first-order valence-electron chi connectivity index (χ1n) is 10.4. The molecule has 0 radical (unpaired) electrons. The number of tetrazole rings is 1. The van der Waals surface area contributed by atoms with Crippen molar-refractivity contribution in [3.8, 4) is 0 Å². The van der Waals surface area contributed by atoms with E-state index >= 15 is 0 Å². The minimum atomic E-state index is -0.512. The fourth-order valence-corrected chi connectivity index (χ4v) is 3.92. The number of para-hydroxylation sites is 1. The quantitative estimate of drug-likeness (QED) is 0.587. The first-order chi connectivity index (χ1) is 15.6. The monoisotopic (exact) mass is 453 g/mol. The molecule has 1 atom stereocenters. The number of halogens is 1. The second kappa shape index (κ2) is 10.3. The zero-order valence-corrected chi connectivity index (χ0v) is 18.2. The van der Waals surface area contributed by atoms with Crippen LogP contribution < -0.4 is 5.32 Å². The average molecular weight is 454 g/mol. The van der Waals surface area contributed by atoms with Crippen LogP contribution in [0.4, 0.5) is 5.69 Å². The molecule has 1 aromatic heterocycles. The molecule has 1 aliphatic rings. The van der Waals surface area contributed by atoms with Gasteiger partial charge in [-0.2, -0.15) is 0 Å². The third-order valence-corrected chi connectivity index (χ3v) is 5.77. The fourth-order valence-electron chi connectivity index (χ4n) is 3.74. The first-order valence-corrected chi connectivity index (χ1v) is 10.8. The molecule has 2 aromatic carbocycles. The predicted molar refractivity (Wildman–Crippen MR) is 120 cm³/mol. The van der Waals surface area contributed by atoms with Crippen LogP contribution in [0.5, 0.6) is 0 Å². The molecule has 2 amide bonds. The van der Waals surface area contributed by atoms with Crippen molar-refractivity contribution in [3.05, 3.63) is 71.5 Å². The standard InChI is InChI=1S/C22H24ClN7O2/c23-18-8-4-5-9-19(18)25-21(31)15-28-10-12-29(13-11-28)22(32)20(30-16-24-26-27-30)14-17-6-2-1-3-7-17/h1-9,16,20H,10-15H2,(H,25,31). The number of hydrogen-bond acceptors (Lipinski definition) is 6. The van der Waals surface area contributed by atoms with Crippen LogP contribution in [0, 0.1) is 0 Å². The van der Waals surface area contributed by atoms with Crippen LogP contribution in [-0.4, -0.2) is 74.5 Å². The number of hydrogen-bond donors (Lipinski definition) is 1. The largest absolute Gasteiger partial charge is 0.338 e. The number of amides is 2. The summed E-state index contributed by atoms with van der Waals surface area (Å²) in [5.41, 5.74) is 1.63. The summed E-state index contributed by atoms with van der Waals surface area (Å²) in [6.45, 7) is 2.52. The Labute approximate surface area is 191 Å². The van der Waals surface area contributed by atoms with Crippen molar-refractivity contribution < 1.29 is 9.59 Å². The van der Waals surface area contributed by atoms with Crippen LogP contribution in [-0.2, 0) is 16.0 Å². The van der Waals surface area contributed by atoms with Crippen molar-refractivity contribution in [2.45, 2.75) is 12.5 Å². The molecule has 4 rings (SSSR count). The number of nitrogens with one attached hydrogen (secondary N) is 1. The maximum Gasteiger partial charge on any atom is 0.248 e. The highest BCUT2D eigenvalue weighted by atomic mass is 35.5. The number of benzene rings is 2. The van der Waals surface area contributed by atoms with E-state index in [0.29, 0.717) is 43.3 Å². The summed E-state index contributed by atoms with van der Waals surface area (Å²) in [5, 5.41) is 14.7. The highest BCUT2D eigenvalue weighted by molar-refractivity contribution is 6.33. The van der Waals surface area contributed by atoms with Crippen molar-refractivity contribution in [1.82, 2.24) is 30.0 Å². The highest BCUT2D eigenvalue weighted by Crippen LogP contribution is 2.21. The van der Waals surface area contributed by atoms with Crippen molar-refractivity contribution in [3.63, 3.8) is 0 Å². The second-order valence-corrected chi connectivity index (χ2v) is 8.03. The highest BCUT2D eigenvalue weighted by Gasteiger charge is 2.30. The molecule has 10 heteroatoms. The zero-order valence-electron chi connectivity index (χ0n) is 17.5. The molecule has 32 heavy (non-hydrogen) atoms. The molecule has 3 aromatic rings. The molecule has 2 heterocycles. The summed E-state index contributed by atoms with van der Waals surface area (Å²) in [7, 11) is 0. The van der Waals surface area contributed by atoms with Gasteiger partial charge in [-0.05, 0) is 28.1 Å². The molecule has 1 unspecified atom stereocenters. The van der Waals surface area contributed by atoms with E-state index in [9.17, 15) is 9.59 Å². The molecular weight excluding hydrogens is 430 g/mol. The molecule has 0 saturated carbocycles. The van der Waals surface area contributed by atoms with E-state index in [1.165, 1.54) is 11.0 Å². The van der Waals surface area contributed by atoms with E-state index in [2.05, 4.69) is 20.8 Å². The SMILES string of the molecule is O=C(CN1CCN(C(=O)C(Cc2ccccc2)n2cnnn2)CC1)Nc1ccccc1Cl. The molecule has 1 fully saturated rings. The lowest BCUT2D eigenvalue weighted by Crippen LogP contribution is -2.52. The van der Waals surface area contributed by atoms with E-state index in [0.717, 1.165) is 5.56 Å². The van der Waals surface area contributed by atoms with Gasteiger partial charge in [-0.15, -0.1) is 5.10 Å². The summed E-state index contributed by atoms with van der Waals surface area (Å²) in [4.78, 5) is 29.5. The van der Waals surface area contributed by atoms with Crippen LogP contribution in [0.15, 0.2) is 60.9 Å². The molecular formula is C22H24ClN7O2. The Hall–Kier alpha value is -3.30. The Morgan fingerprint density at radius 1 is 1.00 bits per heavy atom. The Morgan fingerprint density at radius 2 is 1.72 bits per heavy atom. The topological polar surface area (TPSA) is 96.3 Å². The van der Waals surface area contributed by atoms with Crippen LogP contribution in [0.25, 0.3) is 0 Å². The Bertz CT molecular complexity index is 1040. The molecule has 0 aliphatic carbocycles. The summed E-state index contributed by atoms with van der Waals surface area (Å²) in [5.74, 6) is -0.158. The van der Waals surface area contributed by atoms with E-state index in [-0.39, 0.29) is 18.4 Å². The van der Waals surface area contributed by atoms with Crippen molar-refractivity contribution in [1.29, 1.82) is 0 Å². The van der Waals surface area contributed by atoms with Crippen molar-refractivity contribution >= 4 is 29.1 Å². The summed E-state index contributed by atoms with van der Waals surface area (Å²) in [6.07, 6.45) is 1.98. The summed E-state index contributed by atoms with van der Waals surface area (Å²) < 4.78 is 1.51. The fraction of sp³-hybridized carbons (Fsp3) is 0.318. The maximum absolute atomic E-state index is 13.3. The minimum absolute atomic E-state index is 0.0266. The Balaban J connectivity index is 1.33. The number of carbonyl (C=O) groups is 2. The average Bonchev–Trinajstić information content (AvgIpc) is 3.34. The predicted octanol–water partition coefficient (Wildman–Crippen LogP) is 1.89. The lowest BCUT2D eigenvalue weighted by atomic mass is 10.0. The van der Waals surface area contributed by atoms with Gasteiger partial charge in [-0.1, -0.05) is 54.1 Å². The number of carbonyl (C=O) groups excluding carboxylic acids is 2. The third-order valence-electron chi connectivity index (χ3n) is 5.44. The zero-order chi connectivity index (χ0) is 22.3. The maximum atomic E-state index is 13.3. The number of aromatic nitrogens is 4. The van der Waals surface area contributed by atoms with Gasteiger partial charge in [0.25, 0.3) is 0 Å². The third kappa shape index (κ3) is 5.49. The number of nitrogens with zero attached hydrogens (tertiary/aromatic N) is 6. The van der Waals surface area contributed by atoms with Gasteiger partial charge >= 0.3 is 0 Å². The van der Waals surface area contributed by atoms with Gasteiger partial charge in [-0.25, -0.2) is 4.68 Å².